The van der Waals surface area contributed by atoms with Gasteiger partial charge in [0.05, 0.1) is 0 Å². The van der Waals surface area contributed by atoms with Gasteiger partial charge in [0.15, 0.2) is 0 Å². The third-order valence-corrected chi connectivity index (χ3v) is 3.77. The molecular weight excluding hydrogens is 172 g/mol. The van der Waals surface area contributed by atoms with Crippen LogP contribution in [0.2, 0.25) is 0 Å². The molecule has 1 saturated heterocycles. The molecule has 3 aliphatic rings. The van der Waals surface area contributed by atoms with Crippen molar-refractivity contribution in [3.63, 3.8) is 0 Å². The van der Waals surface area contributed by atoms with E-state index in [1.807, 2.05) is 0 Å². The Kier molecular flexibility index (Phi) is 2.18. The van der Waals surface area contributed by atoms with Crippen LogP contribution in [0.25, 0.3) is 0 Å². The van der Waals surface area contributed by atoms with Crippen molar-refractivity contribution in [2.75, 3.05) is 13.1 Å². The molecule has 0 saturated carbocycles. The van der Waals surface area contributed by atoms with Gasteiger partial charge in [0, 0.05) is 24.5 Å². The van der Waals surface area contributed by atoms with Crippen LogP contribution < -0.4 is 10.6 Å². The van der Waals surface area contributed by atoms with Crippen LogP contribution in [0.15, 0.2) is 24.3 Å². The maximum absolute atomic E-state index is 3.67. The quantitative estimate of drug-likeness (QED) is 0.558. The van der Waals surface area contributed by atoms with E-state index >= 15 is 0 Å². The predicted octanol–water partition coefficient (Wildman–Crippen LogP) is 1.07. The van der Waals surface area contributed by atoms with E-state index in [1.165, 1.54) is 19.4 Å². The second kappa shape index (κ2) is 3.52. The monoisotopic (exact) mass is 190 g/mol. The molecule has 4 unspecified atom stereocenters. The fourth-order valence-electron chi connectivity index (χ4n) is 3.05. The number of nitrogens with one attached hydrogen (secondary N) is 2. The van der Waals surface area contributed by atoms with Gasteiger partial charge in [-0.2, -0.15) is 0 Å². The van der Waals surface area contributed by atoms with Crippen LogP contribution in [0.4, 0.5) is 0 Å². The van der Waals surface area contributed by atoms with Gasteiger partial charge in [-0.05, 0) is 25.3 Å². The Morgan fingerprint density at radius 3 is 3.00 bits per heavy atom. The number of hydrogen-bond donors (Lipinski definition) is 2. The molecule has 2 heteroatoms. The standard InChI is InChI=1S/C12H18N2/c1-3-9-5-6-10-4-2-8-14-12(10)11(9)13-7-1/h1,3,5-6,9-14H,2,4,7-8H2. The van der Waals surface area contributed by atoms with Gasteiger partial charge >= 0.3 is 0 Å². The average Bonchev–Trinajstić information content (AvgIpc) is 2.29. The molecule has 0 aromatic carbocycles. The molecule has 0 aromatic heterocycles. The van der Waals surface area contributed by atoms with Crippen LogP contribution in [0.5, 0.6) is 0 Å². The lowest BCUT2D eigenvalue weighted by Crippen LogP contribution is -2.59. The fourth-order valence-corrected chi connectivity index (χ4v) is 3.05. The minimum Gasteiger partial charge on any atom is -0.312 e. The van der Waals surface area contributed by atoms with Crippen molar-refractivity contribution in [2.45, 2.75) is 24.9 Å². The van der Waals surface area contributed by atoms with E-state index in [1.54, 1.807) is 0 Å². The van der Waals surface area contributed by atoms with Gasteiger partial charge in [0.2, 0.25) is 0 Å². The smallest absolute Gasteiger partial charge is 0.0327 e. The van der Waals surface area contributed by atoms with Crippen LogP contribution in [0.3, 0.4) is 0 Å². The van der Waals surface area contributed by atoms with Gasteiger partial charge in [-0.25, -0.2) is 0 Å². The molecule has 1 aliphatic carbocycles. The summed E-state index contributed by atoms with van der Waals surface area (Å²) in [6, 6.07) is 1.30. The van der Waals surface area contributed by atoms with Gasteiger partial charge in [-0.15, -0.1) is 0 Å². The van der Waals surface area contributed by atoms with E-state index in [2.05, 4.69) is 34.9 Å². The first-order valence-electron chi connectivity index (χ1n) is 5.77. The zero-order chi connectivity index (χ0) is 9.38. The molecule has 2 aliphatic heterocycles. The summed E-state index contributed by atoms with van der Waals surface area (Å²) in [6.07, 6.45) is 12.1. The number of rotatable bonds is 0. The van der Waals surface area contributed by atoms with Gasteiger partial charge < -0.3 is 10.6 Å². The molecular formula is C12H18N2. The van der Waals surface area contributed by atoms with E-state index < -0.39 is 0 Å². The lowest BCUT2D eigenvalue weighted by molar-refractivity contribution is 0.225. The highest BCUT2D eigenvalue weighted by Gasteiger charge is 2.36. The summed E-state index contributed by atoms with van der Waals surface area (Å²) in [4.78, 5) is 0. The predicted molar refractivity (Wildman–Crippen MR) is 58.1 cm³/mol. The zero-order valence-electron chi connectivity index (χ0n) is 8.45. The molecule has 0 amide bonds. The molecule has 2 nitrogen and oxygen atoms in total. The summed E-state index contributed by atoms with van der Waals surface area (Å²) in [5, 5.41) is 7.29. The van der Waals surface area contributed by atoms with Crippen molar-refractivity contribution in [1.29, 1.82) is 0 Å². The SMILES string of the molecule is C1=CC2C=CC3CCCNC3C2NC1. The molecule has 14 heavy (non-hydrogen) atoms. The van der Waals surface area contributed by atoms with Gasteiger partial charge in [0.25, 0.3) is 0 Å². The van der Waals surface area contributed by atoms with Crippen LogP contribution >= 0.6 is 0 Å². The highest BCUT2D eigenvalue weighted by molar-refractivity contribution is 5.19. The molecule has 4 atom stereocenters. The van der Waals surface area contributed by atoms with E-state index in [9.17, 15) is 0 Å². The van der Waals surface area contributed by atoms with Crippen LogP contribution in [-0.4, -0.2) is 25.2 Å². The highest BCUT2D eigenvalue weighted by Crippen LogP contribution is 2.30. The minimum atomic E-state index is 0.621. The van der Waals surface area contributed by atoms with Crippen LogP contribution in [-0.2, 0) is 0 Å². The summed E-state index contributed by atoms with van der Waals surface area (Å²) in [5.74, 6) is 1.39. The summed E-state index contributed by atoms with van der Waals surface area (Å²) in [5.41, 5.74) is 0. The number of hydrogen-bond acceptors (Lipinski definition) is 2. The van der Waals surface area contributed by atoms with E-state index in [-0.39, 0.29) is 0 Å². The Morgan fingerprint density at radius 2 is 2.00 bits per heavy atom. The molecule has 0 bridgehead atoms. The Balaban J connectivity index is 1.87. The van der Waals surface area contributed by atoms with Crippen molar-refractivity contribution < 1.29 is 0 Å². The normalized spacial score (nSPS) is 45.7. The maximum Gasteiger partial charge on any atom is 0.0327 e. The van der Waals surface area contributed by atoms with Gasteiger partial charge in [0.1, 0.15) is 0 Å². The van der Waals surface area contributed by atoms with Gasteiger partial charge in [-0.1, -0.05) is 24.3 Å². The second-order valence-corrected chi connectivity index (χ2v) is 4.61. The first-order valence-corrected chi connectivity index (χ1v) is 5.77. The second-order valence-electron chi connectivity index (χ2n) is 4.61. The summed E-state index contributed by atoms with van der Waals surface area (Å²) in [7, 11) is 0. The van der Waals surface area contributed by atoms with Crippen molar-refractivity contribution in [2.24, 2.45) is 11.8 Å². The highest BCUT2D eigenvalue weighted by atomic mass is 15.0. The summed E-state index contributed by atoms with van der Waals surface area (Å²) in [6.45, 7) is 2.24. The Hall–Kier alpha value is -0.600. The maximum atomic E-state index is 3.67. The fraction of sp³-hybridized carbons (Fsp3) is 0.667. The lowest BCUT2D eigenvalue weighted by Gasteiger charge is -2.43. The molecule has 76 valence electrons. The number of fused-ring (bicyclic) bond motifs is 3. The largest absolute Gasteiger partial charge is 0.312 e. The zero-order valence-corrected chi connectivity index (χ0v) is 8.45. The first kappa shape index (κ1) is 8.69. The van der Waals surface area contributed by atoms with Crippen molar-refractivity contribution >= 4 is 0 Å². The van der Waals surface area contributed by atoms with Crippen LogP contribution in [0.1, 0.15) is 12.8 Å². The summed E-state index contributed by atoms with van der Waals surface area (Å²) < 4.78 is 0. The lowest BCUT2D eigenvalue weighted by atomic mass is 9.75. The molecule has 1 fully saturated rings. The Labute approximate surface area is 85.5 Å². The van der Waals surface area contributed by atoms with E-state index in [0.717, 1.165) is 12.5 Å². The molecule has 0 spiro atoms. The van der Waals surface area contributed by atoms with Crippen LogP contribution in [0, 0.1) is 11.8 Å². The average molecular weight is 190 g/mol. The van der Waals surface area contributed by atoms with Crippen molar-refractivity contribution in [3.05, 3.63) is 24.3 Å². The minimum absolute atomic E-state index is 0.621. The van der Waals surface area contributed by atoms with E-state index in [4.69, 9.17) is 0 Å². The van der Waals surface area contributed by atoms with Gasteiger partial charge in [-0.3, -0.25) is 0 Å². The first-order chi connectivity index (χ1) is 6.95. The van der Waals surface area contributed by atoms with Crippen molar-refractivity contribution in [3.8, 4) is 0 Å². The Morgan fingerprint density at radius 1 is 1.00 bits per heavy atom. The molecule has 0 aromatic rings. The molecule has 2 N–H and O–H groups in total. The van der Waals surface area contributed by atoms with Crippen molar-refractivity contribution in [1.82, 2.24) is 10.6 Å². The third-order valence-electron chi connectivity index (χ3n) is 3.77. The number of piperidine rings is 1. The van der Waals surface area contributed by atoms with E-state index in [0.29, 0.717) is 18.0 Å². The summed E-state index contributed by atoms with van der Waals surface area (Å²) >= 11 is 0. The molecule has 3 rings (SSSR count). The third kappa shape index (κ3) is 1.33. The molecule has 2 heterocycles. The Bertz CT molecular complexity index is 269. The topological polar surface area (TPSA) is 24.1 Å². The molecule has 0 radical (unpaired) electrons.